The molecule has 22 heavy (non-hydrogen) atoms. The molecule has 106 valence electrons. The molecule has 0 fully saturated rings. The van der Waals surface area contributed by atoms with Gasteiger partial charge in [0.2, 0.25) is 0 Å². The molecule has 0 aliphatic heterocycles. The molecule has 0 radical (unpaired) electrons. The van der Waals surface area contributed by atoms with E-state index in [2.05, 4.69) is 55.1 Å². The number of fused-ring (bicyclic) bond motifs is 6. The smallest absolute Gasteiger partial charge is 0.259 e. The summed E-state index contributed by atoms with van der Waals surface area (Å²) in [6.07, 6.45) is 3.09. The molecule has 2 aromatic heterocycles. The molecule has 2 heterocycles. The van der Waals surface area contributed by atoms with Crippen LogP contribution in [0.2, 0.25) is 0 Å². The number of aromatic nitrogens is 1. The van der Waals surface area contributed by atoms with E-state index in [4.69, 9.17) is 4.42 Å². The van der Waals surface area contributed by atoms with E-state index in [1.807, 2.05) is 12.1 Å². The highest BCUT2D eigenvalue weighted by Crippen LogP contribution is 2.43. The number of hydrogen-bond acceptors (Lipinski definition) is 1. The van der Waals surface area contributed by atoms with Gasteiger partial charge < -0.3 is 4.42 Å². The van der Waals surface area contributed by atoms with Crippen molar-refractivity contribution in [3.63, 3.8) is 0 Å². The molecule has 5 rings (SSSR count). The maximum absolute atomic E-state index is 6.12. The molecule has 0 unspecified atom stereocenters. The summed E-state index contributed by atoms with van der Waals surface area (Å²) in [6, 6.07) is 15.0. The van der Waals surface area contributed by atoms with Crippen molar-refractivity contribution >= 4 is 22.1 Å². The van der Waals surface area contributed by atoms with E-state index >= 15 is 0 Å². The Morgan fingerprint density at radius 3 is 2.77 bits per heavy atom. The van der Waals surface area contributed by atoms with Crippen molar-refractivity contribution in [3.05, 3.63) is 65.4 Å². The first-order valence-corrected chi connectivity index (χ1v) is 7.65. The third-order valence-corrected chi connectivity index (χ3v) is 4.89. The topological polar surface area (TPSA) is 17.0 Å². The van der Waals surface area contributed by atoms with Crippen LogP contribution in [0.3, 0.4) is 0 Å². The number of rotatable bonds is 0. The third-order valence-electron chi connectivity index (χ3n) is 4.89. The first kappa shape index (κ1) is 12.0. The van der Waals surface area contributed by atoms with Gasteiger partial charge in [-0.15, -0.1) is 0 Å². The van der Waals surface area contributed by atoms with Crippen LogP contribution in [0.4, 0.5) is 0 Å². The molecule has 2 aromatic carbocycles. The molecule has 0 atom stereocenters. The van der Waals surface area contributed by atoms with Crippen molar-refractivity contribution in [1.29, 1.82) is 0 Å². The Morgan fingerprint density at radius 1 is 1.00 bits per heavy atom. The highest BCUT2D eigenvalue weighted by molar-refractivity contribution is 6.06. The molecule has 1 aliphatic carbocycles. The number of furan rings is 1. The molecule has 2 heteroatoms. The predicted molar refractivity (Wildman–Crippen MR) is 87.9 cm³/mol. The standard InChI is InChI=1S/C20H16NO/c1-12-18-14(10-13-6-3-4-7-15(13)18)11-17-19(12)20-16(22-17)8-5-9-21(20)2/h3-9,11H,10H2,1-2H3/q+1. The van der Waals surface area contributed by atoms with Gasteiger partial charge in [-0.25, -0.2) is 0 Å². The first-order valence-electron chi connectivity index (χ1n) is 7.65. The minimum Gasteiger partial charge on any atom is -0.449 e. The number of benzene rings is 2. The van der Waals surface area contributed by atoms with E-state index in [1.165, 1.54) is 38.7 Å². The summed E-state index contributed by atoms with van der Waals surface area (Å²) >= 11 is 0. The average molecular weight is 286 g/mol. The van der Waals surface area contributed by atoms with Crippen LogP contribution in [0.15, 0.2) is 53.1 Å². The molecular formula is C20H16NO+. The predicted octanol–water partition coefficient (Wildman–Crippen LogP) is 4.29. The lowest BCUT2D eigenvalue weighted by molar-refractivity contribution is -0.644. The van der Waals surface area contributed by atoms with E-state index in [0.717, 1.165) is 17.6 Å². The lowest BCUT2D eigenvalue weighted by Crippen LogP contribution is -2.27. The maximum atomic E-state index is 6.12. The first-order chi connectivity index (χ1) is 10.7. The van der Waals surface area contributed by atoms with E-state index in [9.17, 15) is 0 Å². The second-order valence-electron chi connectivity index (χ2n) is 6.18. The number of aryl methyl sites for hydroxylation is 2. The van der Waals surface area contributed by atoms with E-state index in [0.29, 0.717) is 0 Å². The third kappa shape index (κ3) is 1.37. The summed E-state index contributed by atoms with van der Waals surface area (Å²) in [6.45, 7) is 2.23. The molecule has 0 N–H and O–H groups in total. The van der Waals surface area contributed by atoms with Crippen molar-refractivity contribution in [3.8, 4) is 11.1 Å². The van der Waals surface area contributed by atoms with E-state index < -0.39 is 0 Å². The Kier molecular flexibility index (Phi) is 2.17. The van der Waals surface area contributed by atoms with Gasteiger partial charge in [-0.2, -0.15) is 4.57 Å². The Morgan fingerprint density at radius 2 is 1.86 bits per heavy atom. The zero-order chi connectivity index (χ0) is 14.8. The van der Waals surface area contributed by atoms with Crippen molar-refractivity contribution in [2.45, 2.75) is 13.3 Å². The Bertz CT molecular complexity index is 1070. The summed E-state index contributed by atoms with van der Waals surface area (Å²) in [4.78, 5) is 0. The van der Waals surface area contributed by atoms with Gasteiger partial charge in [0.05, 0.1) is 5.39 Å². The molecule has 2 nitrogen and oxygen atoms in total. The highest BCUT2D eigenvalue weighted by atomic mass is 16.3. The van der Waals surface area contributed by atoms with Crippen LogP contribution in [0.25, 0.3) is 33.2 Å². The normalized spacial score (nSPS) is 12.8. The zero-order valence-electron chi connectivity index (χ0n) is 12.7. The largest absolute Gasteiger partial charge is 0.449 e. The van der Waals surface area contributed by atoms with Gasteiger partial charge in [-0.3, -0.25) is 0 Å². The molecular weight excluding hydrogens is 270 g/mol. The second kappa shape index (κ2) is 3.98. The van der Waals surface area contributed by atoms with Crippen molar-refractivity contribution < 1.29 is 8.98 Å². The van der Waals surface area contributed by atoms with Gasteiger partial charge >= 0.3 is 0 Å². The van der Waals surface area contributed by atoms with Crippen LogP contribution in [-0.2, 0) is 13.5 Å². The monoisotopic (exact) mass is 286 g/mol. The molecule has 0 saturated carbocycles. The van der Waals surface area contributed by atoms with Gasteiger partial charge in [0.1, 0.15) is 12.6 Å². The summed E-state index contributed by atoms with van der Waals surface area (Å²) in [5, 5.41) is 1.24. The summed E-state index contributed by atoms with van der Waals surface area (Å²) in [7, 11) is 2.08. The van der Waals surface area contributed by atoms with Gasteiger partial charge in [0.25, 0.3) is 5.52 Å². The average Bonchev–Trinajstić information content (AvgIpc) is 3.06. The van der Waals surface area contributed by atoms with Crippen LogP contribution in [0, 0.1) is 6.92 Å². The van der Waals surface area contributed by atoms with Crippen molar-refractivity contribution in [1.82, 2.24) is 0 Å². The van der Waals surface area contributed by atoms with E-state index in [-0.39, 0.29) is 0 Å². The van der Waals surface area contributed by atoms with Crippen LogP contribution in [0.1, 0.15) is 16.7 Å². The summed E-state index contributed by atoms with van der Waals surface area (Å²) in [5.74, 6) is 0. The fourth-order valence-electron chi connectivity index (χ4n) is 3.95. The number of nitrogens with zero attached hydrogens (tertiary/aromatic N) is 1. The highest BCUT2D eigenvalue weighted by Gasteiger charge is 2.26. The molecule has 0 bridgehead atoms. The zero-order valence-corrected chi connectivity index (χ0v) is 12.7. The van der Waals surface area contributed by atoms with Gasteiger partial charge in [0.15, 0.2) is 11.8 Å². The minimum absolute atomic E-state index is 0.958. The molecule has 0 saturated heterocycles. The number of pyridine rings is 1. The van der Waals surface area contributed by atoms with Crippen molar-refractivity contribution in [2.24, 2.45) is 7.05 Å². The molecule has 1 aliphatic rings. The number of hydrogen-bond donors (Lipinski definition) is 0. The van der Waals surface area contributed by atoms with Gasteiger partial charge in [-0.05, 0) is 53.3 Å². The summed E-state index contributed by atoms with van der Waals surface area (Å²) < 4.78 is 8.27. The van der Waals surface area contributed by atoms with Crippen molar-refractivity contribution in [2.75, 3.05) is 0 Å². The summed E-state index contributed by atoms with van der Waals surface area (Å²) in [5.41, 5.74) is 10.1. The fourth-order valence-corrected chi connectivity index (χ4v) is 3.95. The van der Waals surface area contributed by atoms with E-state index in [1.54, 1.807) is 0 Å². The Labute approximate surface area is 128 Å². The molecule has 0 spiro atoms. The lowest BCUT2D eigenvalue weighted by Gasteiger charge is -2.06. The van der Waals surface area contributed by atoms with Crippen LogP contribution < -0.4 is 4.57 Å². The van der Waals surface area contributed by atoms with Crippen LogP contribution in [0.5, 0.6) is 0 Å². The Balaban J connectivity index is 1.99. The Hall–Kier alpha value is -2.61. The molecule has 4 aromatic rings. The van der Waals surface area contributed by atoms with Crippen LogP contribution in [-0.4, -0.2) is 0 Å². The maximum Gasteiger partial charge on any atom is 0.259 e. The van der Waals surface area contributed by atoms with Crippen LogP contribution >= 0.6 is 0 Å². The SMILES string of the molecule is Cc1c2c(cc3oc4ccc[n+](C)c4c13)Cc1ccccc1-2. The molecule has 0 amide bonds. The van der Waals surface area contributed by atoms with Gasteiger partial charge in [-0.1, -0.05) is 24.3 Å². The van der Waals surface area contributed by atoms with Gasteiger partial charge in [0, 0.05) is 6.07 Å². The second-order valence-corrected chi connectivity index (χ2v) is 6.18. The quantitative estimate of drug-likeness (QED) is 0.388. The minimum atomic E-state index is 0.958. The lowest BCUT2D eigenvalue weighted by atomic mass is 9.97. The fraction of sp³-hybridized carbons (Fsp3) is 0.150.